The Hall–Kier alpha value is -1.18. The van der Waals surface area contributed by atoms with E-state index in [0.29, 0.717) is 12.8 Å². The second-order valence-corrected chi connectivity index (χ2v) is 5.61. The van der Waals surface area contributed by atoms with Gasteiger partial charge in [-0.25, -0.2) is 8.42 Å². The zero-order valence-corrected chi connectivity index (χ0v) is 11.4. The second-order valence-electron chi connectivity index (χ2n) is 3.79. The Balaban J connectivity index is 3.06. The predicted octanol–water partition coefficient (Wildman–Crippen LogP) is 1.14. The van der Waals surface area contributed by atoms with E-state index in [4.69, 9.17) is 9.15 Å². The zero-order valence-electron chi connectivity index (χ0n) is 10.6. The van der Waals surface area contributed by atoms with Crippen LogP contribution in [0.5, 0.6) is 0 Å². The van der Waals surface area contributed by atoms with Crippen LogP contribution in [0.4, 0.5) is 0 Å². The minimum atomic E-state index is -3.73. The van der Waals surface area contributed by atoms with Gasteiger partial charge in [0.15, 0.2) is 12.0 Å². The zero-order chi connectivity index (χ0) is 13.8. The molecule has 6 nitrogen and oxygen atoms in total. The first-order valence-electron chi connectivity index (χ1n) is 5.53. The third kappa shape index (κ3) is 2.98. The minimum Gasteiger partial charge on any atom is -0.440 e. The lowest BCUT2D eigenvalue weighted by molar-refractivity contribution is 0.109. The Kier molecular flexibility index (Phi) is 5.06. The maximum absolute atomic E-state index is 12.3. The SMILES string of the molecule is CCN(C(C)COC)S(=O)(=O)c1ccc(C=O)o1. The van der Waals surface area contributed by atoms with E-state index in [-0.39, 0.29) is 23.5 Å². The molecule has 102 valence electrons. The van der Waals surface area contributed by atoms with Gasteiger partial charge < -0.3 is 9.15 Å². The Bertz CT molecular complexity index is 493. The van der Waals surface area contributed by atoms with E-state index in [1.54, 1.807) is 13.8 Å². The van der Waals surface area contributed by atoms with Crippen molar-refractivity contribution >= 4 is 16.3 Å². The molecule has 0 spiro atoms. The first-order valence-corrected chi connectivity index (χ1v) is 6.97. The molecule has 1 aromatic rings. The van der Waals surface area contributed by atoms with E-state index in [1.807, 2.05) is 0 Å². The van der Waals surface area contributed by atoms with Crippen LogP contribution < -0.4 is 0 Å². The summed E-state index contributed by atoms with van der Waals surface area (Å²) in [6.45, 7) is 4.06. The van der Waals surface area contributed by atoms with E-state index < -0.39 is 10.0 Å². The van der Waals surface area contributed by atoms with E-state index in [2.05, 4.69) is 0 Å². The van der Waals surface area contributed by atoms with Gasteiger partial charge in [-0.05, 0) is 19.1 Å². The Labute approximate surface area is 107 Å². The van der Waals surface area contributed by atoms with Crippen molar-refractivity contribution in [3.63, 3.8) is 0 Å². The summed E-state index contributed by atoms with van der Waals surface area (Å²) >= 11 is 0. The number of nitrogens with zero attached hydrogens (tertiary/aromatic N) is 1. The highest BCUT2D eigenvalue weighted by atomic mass is 32.2. The van der Waals surface area contributed by atoms with Crippen molar-refractivity contribution in [3.8, 4) is 0 Å². The number of hydrogen-bond acceptors (Lipinski definition) is 5. The average Bonchev–Trinajstić information content (AvgIpc) is 2.79. The monoisotopic (exact) mass is 275 g/mol. The summed E-state index contributed by atoms with van der Waals surface area (Å²) in [5.74, 6) is -0.0102. The first kappa shape index (κ1) is 14.9. The molecule has 0 aromatic carbocycles. The Morgan fingerprint density at radius 2 is 2.17 bits per heavy atom. The Morgan fingerprint density at radius 3 is 2.61 bits per heavy atom. The van der Waals surface area contributed by atoms with Crippen LogP contribution in [0.2, 0.25) is 0 Å². The molecule has 0 amide bonds. The molecule has 7 heteroatoms. The minimum absolute atomic E-state index is 0.0102. The molecule has 1 unspecified atom stereocenters. The van der Waals surface area contributed by atoms with Crippen molar-refractivity contribution in [1.29, 1.82) is 0 Å². The number of carbonyl (C=O) groups is 1. The van der Waals surface area contributed by atoms with Crippen LogP contribution in [0, 0.1) is 0 Å². The third-order valence-electron chi connectivity index (χ3n) is 2.49. The second kappa shape index (κ2) is 6.12. The average molecular weight is 275 g/mol. The lowest BCUT2D eigenvalue weighted by atomic mass is 10.4. The van der Waals surface area contributed by atoms with Gasteiger partial charge in [-0.3, -0.25) is 4.79 Å². The summed E-state index contributed by atoms with van der Waals surface area (Å²) in [5.41, 5.74) is 0. The molecule has 0 saturated carbocycles. The molecule has 0 aliphatic rings. The highest BCUT2D eigenvalue weighted by Crippen LogP contribution is 2.20. The van der Waals surface area contributed by atoms with Gasteiger partial charge in [0.25, 0.3) is 10.0 Å². The van der Waals surface area contributed by atoms with Crippen molar-refractivity contribution < 1.29 is 22.4 Å². The lowest BCUT2D eigenvalue weighted by Gasteiger charge is -2.25. The van der Waals surface area contributed by atoms with E-state index in [9.17, 15) is 13.2 Å². The van der Waals surface area contributed by atoms with Crippen LogP contribution in [0.1, 0.15) is 24.4 Å². The number of furan rings is 1. The van der Waals surface area contributed by atoms with Gasteiger partial charge in [0.2, 0.25) is 5.09 Å². The van der Waals surface area contributed by atoms with Gasteiger partial charge in [0.1, 0.15) is 0 Å². The quantitative estimate of drug-likeness (QED) is 0.697. The number of carbonyl (C=O) groups excluding carboxylic acids is 1. The van der Waals surface area contributed by atoms with Crippen molar-refractivity contribution in [2.45, 2.75) is 25.0 Å². The number of rotatable bonds is 7. The molecule has 1 aromatic heterocycles. The van der Waals surface area contributed by atoms with Crippen LogP contribution >= 0.6 is 0 Å². The van der Waals surface area contributed by atoms with Gasteiger partial charge in [0.05, 0.1) is 6.61 Å². The maximum atomic E-state index is 12.3. The van der Waals surface area contributed by atoms with Crippen molar-refractivity contribution in [1.82, 2.24) is 4.31 Å². The van der Waals surface area contributed by atoms with E-state index in [1.165, 1.54) is 23.5 Å². The summed E-state index contributed by atoms with van der Waals surface area (Å²) < 4.78 is 35.7. The van der Waals surface area contributed by atoms with Gasteiger partial charge in [0, 0.05) is 19.7 Å². The summed E-state index contributed by atoms with van der Waals surface area (Å²) in [4.78, 5) is 10.5. The number of aldehydes is 1. The first-order chi connectivity index (χ1) is 8.47. The molecular weight excluding hydrogens is 258 g/mol. The van der Waals surface area contributed by atoms with Crippen LogP contribution in [-0.4, -0.2) is 45.3 Å². The molecule has 0 aliphatic heterocycles. The van der Waals surface area contributed by atoms with Crippen LogP contribution in [0.25, 0.3) is 0 Å². The summed E-state index contributed by atoms with van der Waals surface area (Å²) in [6.07, 6.45) is 0.466. The summed E-state index contributed by atoms with van der Waals surface area (Å²) in [5, 5.41) is -0.227. The molecule has 1 rings (SSSR count). The molecule has 18 heavy (non-hydrogen) atoms. The maximum Gasteiger partial charge on any atom is 0.276 e. The number of likely N-dealkylation sites (N-methyl/N-ethyl adjacent to an activating group) is 1. The number of sulfonamides is 1. The molecule has 0 aliphatic carbocycles. The smallest absolute Gasteiger partial charge is 0.276 e. The van der Waals surface area contributed by atoms with Crippen LogP contribution in [0.15, 0.2) is 21.6 Å². The molecule has 0 saturated heterocycles. The molecule has 0 N–H and O–H groups in total. The molecule has 0 bridgehead atoms. The summed E-state index contributed by atoms with van der Waals surface area (Å²) in [6, 6.07) is 2.30. The van der Waals surface area contributed by atoms with Crippen molar-refractivity contribution in [3.05, 3.63) is 17.9 Å². The topological polar surface area (TPSA) is 76.8 Å². The fourth-order valence-electron chi connectivity index (χ4n) is 1.69. The van der Waals surface area contributed by atoms with Gasteiger partial charge >= 0.3 is 0 Å². The van der Waals surface area contributed by atoms with Crippen molar-refractivity contribution in [2.75, 3.05) is 20.3 Å². The highest BCUT2D eigenvalue weighted by Gasteiger charge is 2.30. The van der Waals surface area contributed by atoms with Crippen molar-refractivity contribution in [2.24, 2.45) is 0 Å². The largest absolute Gasteiger partial charge is 0.440 e. The third-order valence-corrected chi connectivity index (χ3v) is 4.46. The molecule has 0 fully saturated rings. The number of methoxy groups -OCH3 is 1. The number of hydrogen-bond donors (Lipinski definition) is 0. The van der Waals surface area contributed by atoms with Crippen LogP contribution in [0.3, 0.4) is 0 Å². The van der Waals surface area contributed by atoms with Gasteiger partial charge in [-0.2, -0.15) is 4.31 Å². The number of ether oxygens (including phenoxy) is 1. The normalized spacial score (nSPS) is 13.8. The molecule has 1 atom stereocenters. The van der Waals surface area contributed by atoms with E-state index >= 15 is 0 Å². The Morgan fingerprint density at radius 1 is 1.50 bits per heavy atom. The van der Waals surface area contributed by atoms with Gasteiger partial charge in [-0.1, -0.05) is 6.92 Å². The summed E-state index contributed by atoms with van der Waals surface area (Å²) in [7, 11) is -2.23. The molecule has 0 radical (unpaired) electrons. The lowest BCUT2D eigenvalue weighted by Crippen LogP contribution is -2.40. The fourth-order valence-corrected chi connectivity index (χ4v) is 3.24. The predicted molar refractivity (Wildman–Crippen MR) is 65.0 cm³/mol. The standard InChI is InChI=1S/C11H17NO5S/c1-4-12(9(2)8-16-3)18(14,15)11-6-5-10(7-13)17-11/h5-7,9H,4,8H2,1-3H3. The fraction of sp³-hybridized carbons (Fsp3) is 0.545. The molecular formula is C11H17NO5S. The molecule has 1 heterocycles. The van der Waals surface area contributed by atoms with Gasteiger partial charge in [-0.15, -0.1) is 0 Å². The van der Waals surface area contributed by atoms with E-state index in [0.717, 1.165) is 0 Å². The highest BCUT2D eigenvalue weighted by molar-refractivity contribution is 7.89. The van der Waals surface area contributed by atoms with Crippen LogP contribution in [-0.2, 0) is 14.8 Å².